The van der Waals surface area contributed by atoms with Gasteiger partial charge in [-0.2, -0.15) is 0 Å². The van der Waals surface area contributed by atoms with Crippen molar-refractivity contribution < 1.29 is 9.21 Å². The Hall–Kier alpha value is -1.10. The van der Waals surface area contributed by atoms with E-state index in [1.165, 1.54) is 0 Å². The largest absolute Gasteiger partial charge is 0.466 e. The van der Waals surface area contributed by atoms with E-state index in [1.54, 1.807) is 18.0 Å². The fourth-order valence-corrected chi connectivity index (χ4v) is 3.02. The van der Waals surface area contributed by atoms with Gasteiger partial charge in [-0.05, 0) is 18.6 Å². The van der Waals surface area contributed by atoms with Gasteiger partial charge in [-0.3, -0.25) is 0 Å². The zero-order valence-corrected chi connectivity index (χ0v) is 10.8. The predicted octanol–water partition coefficient (Wildman–Crippen LogP) is 2.84. The number of hydrogen-bond acceptors (Lipinski definition) is 3. The van der Waals surface area contributed by atoms with E-state index in [0.717, 1.165) is 37.4 Å². The summed E-state index contributed by atoms with van der Waals surface area (Å²) in [4.78, 5) is 13.8. The van der Waals surface area contributed by atoms with Crippen LogP contribution in [0.3, 0.4) is 0 Å². The van der Waals surface area contributed by atoms with Crippen molar-refractivity contribution in [3.63, 3.8) is 0 Å². The molecule has 1 unspecified atom stereocenters. The van der Waals surface area contributed by atoms with E-state index < -0.39 is 0 Å². The van der Waals surface area contributed by atoms with E-state index in [-0.39, 0.29) is 11.4 Å². The summed E-state index contributed by atoms with van der Waals surface area (Å²) in [5.41, 5.74) is 0. The lowest BCUT2D eigenvalue weighted by atomic mass is 10.3. The van der Waals surface area contributed by atoms with Crippen molar-refractivity contribution in [2.24, 2.45) is 0 Å². The maximum atomic E-state index is 12.0. The molecule has 1 aromatic heterocycles. The van der Waals surface area contributed by atoms with Gasteiger partial charge in [-0.15, -0.1) is 11.8 Å². The minimum Gasteiger partial charge on any atom is -0.466 e. The molecule has 1 aromatic rings. The lowest BCUT2D eigenvalue weighted by Crippen LogP contribution is -2.39. The van der Waals surface area contributed by atoms with E-state index >= 15 is 0 Å². The number of carbonyl (C=O) groups excluding carboxylic acids is 1. The maximum absolute atomic E-state index is 12.0. The second kappa shape index (κ2) is 6.00. The number of furan rings is 1. The van der Waals surface area contributed by atoms with Gasteiger partial charge in [0.1, 0.15) is 11.1 Å². The highest BCUT2D eigenvalue weighted by Crippen LogP contribution is 2.37. The van der Waals surface area contributed by atoms with Gasteiger partial charge in [0.05, 0.1) is 6.26 Å². The van der Waals surface area contributed by atoms with Crippen LogP contribution in [-0.2, 0) is 0 Å². The first-order chi connectivity index (χ1) is 8.33. The van der Waals surface area contributed by atoms with Crippen LogP contribution in [0.1, 0.15) is 30.9 Å². The monoisotopic (exact) mass is 254 g/mol. The van der Waals surface area contributed by atoms with Crippen LogP contribution in [0.4, 0.5) is 4.79 Å². The van der Waals surface area contributed by atoms with Gasteiger partial charge < -0.3 is 14.6 Å². The molecule has 0 aliphatic carbocycles. The Morgan fingerprint density at radius 1 is 1.71 bits per heavy atom. The normalized spacial score (nSPS) is 19.6. The van der Waals surface area contributed by atoms with Crippen molar-refractivity contribution in [2.45, 2.75) is 25.1 Å². The molecule has 17 heavy (non-hydrogen) atoms. The van der Waals surface area contributed by atoms with E-state index in [1.807, 2.05) is 17.0 Å². The first-order valence-corrected chi connectivity index (χ1v) is 7.07. The third kappa shape index (κ3) is 2.97. The lowest BCUT2D eigenvalue weighted by Gasteiger charge is -2.22. The summed E-state index contributed by atoms with van der Waals surface area (Å²) in [5.74, 6) is 1.82. The van der Waals surface area contributed by atoms with Gasteiger partial charge >= 0.3 is 6.03 Å². The van der Waals surface area contributed by atoms with Crippen LogP contribution in [0, 0.1) is 0 Å². The van der Waals surface area contributed by atoms with Crippen molar-refractivity contribution in [3.8, 4) is 0 Å². The first kappa shape index (κ1) is 12.4. The van der Waals surface area contributed by atoms with Gasteiger partial charge in [0, 0.05) is 18.8 Å². The predicted molar refractivity (Wildman–Crippen MR) is 68.9 cm³/mol. The molecule has 0 saturated carbocycles. The summed E-state index contributed by atoms with van der Waals surface area (Å²) in [7, 11) is 0. The second-order valence-corrected chi connectivity index (χ2v) is 5.21. The lowest BCUT2D eigenvalue weighted by molar-refractivity contribution is 0.196. The molecule has 0 radical (unpaired) electrons. The average Bonchev–Trinajstić information content (AvgIpc) is 2.99. The Labute approximate surface area is 106 Å². The number of unbranched alkanes of at least 4 members (excludes halogenated alkanes) is 1. The number of urea groups is 1. The van der Waals surface area contributed by atoms with E-state index in [4.69, 9.17) is 4.42 Å². The molecule has 0 spiro atoms. The smallest absolute Gasteiger partial charge is 0.318 e. The summed E-state index contributed by atoms with van der Waals surface area (Å²) in [6.07, 6.45) is 3.77. The molecule has 0 aromatic carbocycles. The molecule has 1 saturated heterocycles. The summed E-state index contributed by atoms with van der Waals surface area (Å²) in [6.45, 7) is 3.65. The average molecular weight is 254 g/mol. The SMILES string of the molecule is CCCCNC(=O)N1CCSC1c1ccco1. The number of nitrogens with zero attached hydrogens (tertiary/aromatic N) is 1. The van der Waals surface area contributed by atoms with Crippen LogP contribution in [0.5, 0.6) is 0 Å². The molecule has 1 aliphatic rings. The van der Waals surface area contributed by atoms with E-state index in [9.17, 15) is 4.79 Å². The Bertz CT molecular complexity index is 353. The van der Waals surface area contributed by atoms with Crippen molar-refractivity contribution >= 4 is 17.8 Å². The third-order valence-electron chi connectivity index (χ3n) is 2.74. The zero-order valence-electron chi connectivity index (χ0n) is 10.0. The summed E-state index contributed by atoms with van der Waals surface area (Å²) >= 11 is 1.75. The number of amides is 2. The zero-order chi connectivity index (χ0) is 12.1. The number of hydrogen-bond donors (Lipinski definition) is 1. The van der Waals surface area contributed by atoms with E-state index in [0.29, 0.717) is 0 Å². The minimum atomic E-state index is 0.0184. The third-order valence-corrected chi connectivity index (χ3v) is 3.97. The minimum absolute atomic E-state index is 0.0184. The Morgan fingerprint density at radius 3 is 3.29 bits per heavy atom. The Kier molecular flexibility index (Phi) is 4.36. The van der Waals surface area contributed by atoms with Crippen molar-refractivity contribution in [1.82, 2.24) is 10.2 Å². The Balaban J connectivity index is 1.93. The topological polar surface area (TPSA) is 45.5 Å². The van der Waals surface area contributed by atoms with Crippen LogP contribution < -0.4 is 5.32 Å². The summed E-state index contributed by atoms with van der Waals surface area (Å²) in [6, 6.07) is 3.81. The van der Waals surface area contributed by atoms with E-state index in [2.05, 4.69) is 12.2 Å². The fourth-order valence-electron chi connectivity index (χ4n) is 1.82. The standard InChI is InChI=1S/C12H18N2O2S/c1-2-3-6-13-12(15)14-7-9-17-11(14)10-5-4-8-16-10/h4-5,8,11H,2-3,6-7,9H2,1H3,(H,13,15). The van der Waals surface area contributed by atoms with Crippen LogP contribution >= 0.6 is 11.8 Å². The molecule has 1 N–H and O–H groups in total. The van der Waals surface area contributed by atoms with Gasteiger partial charge in [0.2, 0.25) is 0 Å². The molecule has 5 heteroatoms. The number of nitrogens with one attached hydrogen (secondary N) is 1. The number of rotatable bonds is 4. The highest BCUT2D eigenvalue weighted by Gasteiger charge is 2.32. The van der Waals surface area contributed by atoms with Gasteiger partial charge in [0.15, 0.2) is 0 Å². The van der Waals surface area contributed by atoms with Crippen molar-refractivity contribution in [3.05, 3.63) is 24.2 Å². The Morgan fingerprint density at radius 2 is 2.59 bits per heavy atom. The molecule has 1 fully saturated rings. The fraction of sp³-hybridized carbons (Fsp3) is 0.583. The molecule has 4 nitrogen and oxygen atoms in total. The molecule has 0 bridgehead atoms. The molecular formula is C12H18N2O2S. The molecule has 1 atom stereocenters. The molecule has 94 valence electrons. The quantitative estimate of drug-likeness (QED) is 0.840. The molecular weight excluding hydrogens is 236 g/mol. The van der Waals surface area contributed by atoms with Crippen molar-refractivity contribution in [1.29, 1.82) is 0 Å². The van der Waals surface area contributed by atoms with Gasteiger partial charge in [0.25, 0.3) is 0 Å². The number of thioether (sulfide) groups is 1. The molecule has 2 rings (SSSR count). The summed E-state index contributed by atoms with van der Waals surface area (Å²) < 4.78 is 5.38. The van der Waals surface area contributed by atoms with Gasteiger partial charge in [-0.25, -0.2) is 4.79 Å². The highest BCUT2D eigenvalue weighted by molar-refractivity contribution is 7.99. The maximum Gasteiger partial charge on any atom is 0.318 e. The molecule has 2 heterocycles. The van der Waals surface area contributed by atoms with Crippen LogP contribution in [0.15, 0.2) is 22.8 Å². The molecule has 1 aliphatic heterocycles. The summed E-state index contributed by atoms with van der Waals surface area (Å²) in [5, 5.41) is 2.98. The highest BCUT2D eigenvalue weighted by atomic mass is 32.2. The second-order valence-electron chi connectivity index (χ2n) is 4.02. The number of carbonyl (C=O) groups is 1. The van der Waals surface area contributed by atoms with Crippen LogP contribution in [0.2, 0.25) is 0 Å². The van der Waals surface area contributed by atoms with Crippen LogP contribution in [0.25, 0.3) is 0 Å². The van der Waals surface area contributed by atoms with Crippen LogP contribution in [-0.4, -0.2) is 29.8 Å². The first-order valence-electron chi connectivity index (χ1n) is 6.02. The molecule has 2 amide bonds. The van der Waals surface area contributed by atoms with Crippen molar-refractivity contribution in [2.75, 3.05) is 18.8 Å². The van der Waals surface area contributed by atoms with Gasteiger partial charge in [-0.1, -0.05) is 13.3 Å².